The number of nitrogens with zero attached hydrogens (tertiary/aromatic N) is 1. The Bertz CT molecular complexity index is 517. The average Bonchev–Trinajstić information content (AvgIpc) is 2.57. The van der Waals surface area contributed by atoms with Gasteiger partial charge in [-0.15, -0.1) is 0 Å². The summed E-state index contributed by atoms with van der Waals surface area (Å²) in [4.78, 5) is 0.120. The molecule has 5 nitrogen and oxygen atoms in total. The molecule has 0 amide bonds. The van der Waals surface area contributed by atoms with Crippen LogP contribution in [0.25, 0.3) is 0 Å². The Labute approximate surface area is 117 Å². The lowest BCUT2D eigenvalue weighted by molar-refractivity contribution is 0.310. The van der Waals surface area contributed by atoms with Crippen molar-refractivity contribution in [3.63, 3.8) is 0 Å². The summed E-state index contributed by atoms with van der Waals surface area (Å²) >= 11 is 3.11. The minimum atomic E-state index is -3.55. The second kappa shape index (κ2) is 5.32. The number of nitrogens with two attached hydrogens (primary N) is 1. The summed E-state index contributed by atoms with van der Waals surface area (Å²) in [6.07, 6.45) is 0. The monoisotopic (exact) mass is 338 g/mol. The topological polar surface area (TPSA) is 76.5 Å². The number of halogens is 1. The van der Waals surface area contributed by atoms with Gasteiger partial charge in [0.05, 0.1) is 6.54 Å². The van der Waals surface area contributed by atoms with Gasteiger partial charge in [0, 0.05) is 19.7 Å². The first kappa shape index (κ1) is 15.7. The molecular formula is C11H19BrN2O3S. The Morgan fingerprint density at radius 1 is 1.44 bits per heavy atom. The largest absolute Gasteiger partial charge is 0.452 e. The van der Waals surface area contributed by atoms with Crippen LogP contribution in [0.15, 0.2) is 20.0 Å². The van der Waals surface area contributed by atoms with E-state index in [-0.39, 0.29) is 21.5 Å². The van der Waals surface area contributed by atoms with Crippen molar-refractivity contribution in [2.24, 2.45) is 11.1 Å². The number of furan rings is 1. The third kappa shape index (κ3) is 3.57. The van der Waals surface area contributed by atoms with Crippen LogP contribution in [0.3, 0.4) is 0 Å². The molecule has 0 unspecified atom stereocenters. The van der Waals surface area contributed by atoms with E-state index in [4.69, 9.17) is 10.2 Å². The van der Waals surface area contributed by atoms with Gasteiger partial charge in [-0.25, -0.2) is 12.7 Å². The fourth-order valence-corrected chi connectivity index (χ4v) is 3.95. The average molecular weight is 339 g/mol. The maximum absolute atomic E-state index is 12.4. The molecule has 1 aromatic rings. The molecule has 0 aliphatic carbocycles. The van der Waals surface area contributed by atoms with Gasteiger partial charge in [-0.05, 0) is 21.3 Å². The van der Waals surface area contributed by atoms with Crippen molar-refractivity contribution in [3.05, 3.63) is 16.5 Å². The lowest BCUT2D eigenvalue weighted by Crippen LogP contribution is -2.34. The normalized spacial score (nSPS) is 13.3. The van der Waals surface area contributed by atoms with Gasteiger partial charge >= 0.3 is 0 Å². The van der Waals surface area contributed by atoms with Crippen LogP contribution in [0.4, 0.5) is 0 Å². The standard InChI is InChI=1S/C11H19BrN2O3S/c1-11(2,3)7-14(4)18(15,16)9-5-8(6-13)17-10(9)12/h5H,6-7,13H2,1-4H3. The van der Waals surface area contributed by atoms with Gasteiger partial charge in [0.2, 0.25) is 10.0 Å². The van der Waals surface area contributed by atoms with Crippen molar-refractivity contribution < 1.29 is 12.8 Å². The lowest BCUT2D eigenvalue weighted by atomic mass is 9.97. The summed E-state index contributed by atoms with van der Waals surface area (Å²) in [5, 5.41) is 0. The van der Waals surface area contributed by atoms with Crippen molar-refractivity contribution in [2.75, 3.05) is 13.6 Å². The minimum absolute atomic E-state index is 0.116. The third-order valence-electron chi connectivity index (χ3n) is 2.29. The van der Waals surface area contributed by atoms with Gasteiger partial charge in [0.15, 0.2) is 4.67 Å². The van der Waals surface area contributed by atoms with Crippen LogP contribution in [0.1, 0.15) is 26.5 Å². The highest BCUT2D eigenvalue weighted by molar-refractivity contribution is 9.10. The number of hydrogen-bond donors (Lipinski definition) is 1. The molecule has 0 fully saturated rings. The van der Waals surface area contributed by atoms with E-state index in [2.05, 4.69) is 15.9 Å². The highest BCUT2D eigenvalue weighted by Crippen LogP contribution is 2.29. The molecule has 0 atom stereocenters. The van der Waals surface area contributed by atoms with Crippen LogP contribution in [-0.4, -0.2) is 26.3 Å². The smallest absolute Gasteiger partial charge is 0.247 e. The molecule has 1 rings (SSSR count). The molecule has 18 heavy (non-hydrogen) atoms. The summed E-state index contributed by atoms with van der Waals surface area (Å²) in [7, 11) is -2.00. The van der Waals surface area contributed by atoms with E-state index in [1.807, 2.05) is 20.8 Å². The molecule has 2 N–H and O–H groups in total. The Morgan fingerprint density at radius 3 is 2.39 bits per heavy atom. The Hall–Kier alpha value is -0.370. The van der Waals surface area contributed by atoms with Gasteiger partial charge in [-0.1, -0.05) is 20.8 Å². The third-order valence-corrected chi connectivity index (χ3v) is 4.95. The lowest BCUT2D eigenvalue weighted by Gasteiger charge is -2.25. The highest BCUT2D eigenvalue weighted by atomic mass is 79.9. The second-order valence-electron chi connectivity index (χ2n) is 5.38. The highest BCUT2D eigenvalue weighted by Gasteiger charge is 2.29. The van der Waals surface area contributed by atoms with Crippen LogP contribution in [0, 0.1) is 5.41 Å². The van der Waals surface area contributed by atoms with E-state index in [9.17, 15) is 8.42 Å². The maximum Gasteiger partial charge on any atom is 0.247 e. The summed E-state index contributed by atoms with van der Waals surface area (Å²) in [5.74, 6) is 0.435. The summed E-state index contributed by atoms with van der Waals surface area (Å²) in [6.45, 7) is 6.53. The molecule has 0 spiro atoms. The molecule has 0 aliphatic heterocycles. The van der Waals surface area contributed by atoms with E-state index in [0.717, 1.165) is 0 Å². The van der Waals surface area contributed by atoms with Crippen molar-refractivity contribution in [1.82, 2.24) is 4.31 Å². The molecule has 1 heterocycles. The summed E-state index contributed by atoms with van der Waals surface area (Å²) in [5.41, 5.74) is 5.31. The molecule has 7 heteroatoms. The summed E-state index contributed by atoms with van der Waals surface area (Å²) < 4.78 is 31.4. The van der Waals surface area contributed by atoms with Crippen molar-refractivity contribution >= 4 is 26.0 Å². The van der Waals surface area contributed by atoms with Crippen LogP contribution in [0.5, 0.6) is 0 Å². The molecule has 0 saturated carbocycles. The zero-order valence-electron chi connectivity index (χ0n) is 11.0. The van der Waals surface area contributed by atoms with Gasteiger partial charge in [0.1, 0.15) is 10.7 Å². The first-order valence-electron chi connectivity index (χ1n) is 5.52. The second-order valence-corrected chi connectivity index (χ2v) is 8.11. The minimum Gasteiger partial charge on any atom is -0.452 e. The number of hydrogen-bond acceptors (Lipinski definition) is 4. The van der Waals surface area contributed by atoms with Gasteiger partial charge < -0.3 is 10.2 Å². The van der Waals surface area contributed by atoms with E-state index in [1.165, 1.54) is 10.4 Å². The fraction of sp³-hybridized carbons (Fsp3) is 0.636. The van der Waals surface area contributed by atoms with Crippen LogP contribution in [0.2, 0.25) is 0 Å². The van der Waals surface area contributed by atoms with Gasteiger partial charge in [-0.3, -0.25) is 0 Å². The Kier molecular flexibility index (Phi) is 4.64. The molecular weight excluding hydrogens is 320 g/mol. The molecule has 104 valence electrons. The summed E-state index contributed by atoms with van der Waals surface area (Å²) in [6, 6.07) is 1.46. The van der Waals surface area contributed by atoms with Crippen molar-refractivity contribution in [2.45, 2.75) is 32.2 Å². The van der Waals surface area contributed by atoms with Crippen molar-refractivity contribution in [1.29, 1.82) is 0 Å². The molecule has 0 bridgehead atoms. The molecule has 0 aliphatic rings. The van der Waals surface area contributed by atoms with Gasteiger partial charge in [-0.2, -0.15) is 0 Å². The number of rotatable bonds is 4. The zero-order chi connectivity index (χ0) is 14.1. The van der Waals surface area contributed by atoms with E-state index in [1.54, 1.807) is 7.05 Å². The zero-order valence-corrected chi connectivity index (χ0v) is 13.4. The molecule has 0 aromatic carbocycles. The van der Waals surface area contributed by atoms with Crippen LogP contribution < -0.4 is 5.73 Å². The van der Waals surface area contributed by atoms with E-state index < -0.39 is 10.0 Å². The van der Waals surface area contributed by atoms with E-state index in [0.29, 0.717) is 12.3 Å². The van der Waals surface area contributed by atoms with Crippen LogP contribution in [-0.2, 0) is 16.6 Å². The van der Waals surface area contributed by atoms with E-state index >= 15 is 0 Å². The van der Waals surface area contributed by atoms with Gasteiger partial charge in [0.25, 0.3) is 0 Å². The predicted octanol–water partition coefficient (Wildman–Crippen LogP) is 2.17. The fourth-order valence-electron chi connectivity index (χ4n) is 1.60. The maximum atomic E-state index is 12.4. The quantitative estimate of drug-likeness (QED) is 0.912. The molecule has 0 saturated heterocycles. The molecule has 0 radical (unpaired) electrons. The molecule has 1 aromatic heterocycles. The first-order valence-corrected chi connectivity index (χ1v) is 7.76. The Balaban J connectivity index is 3.09. The SMILES string of the molecule is CN(CC(C)(C)C)S(=O)(=O)c1cc(CN)oc1Br. The predicted molar refractivity (Wildman–Crippen MR) is 73.6 cm³/mol. The number of sulfonamides is 1. The van der Waals surface area contributed by atoms with Crippen LogP contribution >= 0.6 is 15.9 Å². The first-order chi connectivity index (χ1) is 8.08. The Morgan fingerprint density at radius 2 is 2.00 bits per heavy atom. The van der Waals surface area contributed by atoms with Crippen molar-refractivity contribution in [3.8, 4) is 0 Å².